The van der Waals surface area contributed by atoms with Gasteiger partial charge in [0.25, 0.3) is 0 Å². The average molecular weight is 899 g/mol. The minimum atomic E-state index is -1.83. The van der Waals surface area contributed by atoms with Crippen molar-refractivity contribution in [1.82, 2.24) is 25.3 Å². The Balaban J connectivity index is 1.41. The Morgan fingerprint density at radius 3 is 2.54 bits per heavy atom. The van der Waals surface area contributed by atoms with Crippen LogP contribution in [0.2, 0.25) is 0 Å². The lowest BCUT2D eigenvalue weighted by Crippen LogP contribution is -2.60. The minimum absolute atomic E-state index is 0.0455. The van der Waals surface area contributed by atoms with Crippen molar-refractivity contribution in [2.75, 3.05) is 27.3 Å². The van der Waals surface area contributed by atoms with E-state index in [0.29, 0.717) is 18.0 Å². The Labute approximate surface area is 373 Å². The van der Waals surface area contributed by atoms with Crippen LogP contribution in [-0.4, -0.2) is 141 Å². The van der Waals surface area contributed by atoms with Gasteiger partial charge < -0.3 is 43.8 Å². The number of aromatic nitrogens is 3. The number of ether oxygens (including phenoxy) is 5. The third-order valence-corrected chi connectivity index (χ3v) is 13.7. The molecule has 1 unspecified atom stereocenters. The molecule has 4 N–H and O–H groups in total. The molecule has 0 radical (unpaired) electrons. The average Bonchev–Trinajstić information content (AvgIpc) is 3.92. The number of aromatic amines is 1. The normalized spacial score (nSPS) is 37.1. The molecular weight excluding hydrogens is 833 g/mol. The zero-order valence-electron chi connectivity index (χ0n) is 38.3. The number of esters is 1. The first-order valence-electron chi connectivity index (χ1n) is 22.0. The van der Waals surface area contributed by atoms with Crippen molar-refractivity contribution in [3.05, 3.63) is 35.3 Å². The van der Waals surface area contributed by atoms with Crippen LogP contribution in [0, 0.1) is 23.7 Å². The summed E-state index contributed by atoms with van der Waals surface area (Å²) in [4.78, 5) is 66.4. The second-order valence-corrected chi connectivity index (χ2v) is 19.2. The summed E-state index contributed by atoms with van der Waals surface area (Å²) in [5.41, 5.74) is 2.81. The van der Waals surface area contributed by atoms with Gasteiger partial charge >= 0.3 is 5.97 Å². The molecule has 1 aromatic carbocycles. The van der Waals surface area contributed by atoms with Crippen molar-refractivity contribution in [2.45, 2.75) is 148 Å². The number of nitrogens with zero attached hydrogens (tertiary/aromatic N) is 4. The molecule has 0 aliphatic carbocycles. The van der Waals surface area contributed by atoms with Gasteiger partial charge in [-0.2, -0.15) is 5.48 Å². The molecule has 0 spiro atoms. The molecule has 63 heavy (non-hydrogen) atoms. The molecule has 3 aromatic rings. The van der Waals surface area contributed by atoms with Crippen molar-refractivity contribution in [3.63, 3.8) is 0 Å². The summed E-state index contributed by atoms with van der Waals surface area (Å²) in [6.45, 7) is 15.3. The molecular formula is C45H66N6O11S. The lowest BCUT2D eigenvalue weighted by Gasteiger charge is -2.47. The first kappa shape index (κ1) is 48.9. The number of fused-ring (bicyclic) bond motifs is 6. The highest BCUT2D eigenvalue weighted by Gasteiger charge is 2.53. The molecule has 17 nitrogen and oxygen atoms in total. The summed E-state index contributed by atoms with van der Waals surface area (Å²) in [5, 5.41) is 26.9. The number of H-pyrrole nitrogens is 1. The fourth-order valence-electron chi connectivity index (χ4n) is 9.54. The van der Waals surface area contributed by atoms with Crippen LogP contribution >= 0.6 is 11.3 Å². The van der Waals surface area contributed by atoms with Gasteiger partial charge in [0.05, 0.1) is 60.8 Å². The maximum absolute atomic E-state index is 14.6. The number of rotatable bonds is 9. The van der Waals surface area contributed by atoms with E-state index in [0.717, 1.165) is 21.6 Å². The fourth-order valence-corrected chi connectivity index (χ4v) is 10.1. The van der Waals surface area contributed by atoms with Gasteiger partial charge in [-0.25, -0.2) is 15.0 Å². The van der Waals surface area contributed by atoms with Gasteiger partial charge in [0.15, 0.2) is 22.9 Å². The monoisotopic (exact) mass is 898 g/mol. The van der Waals surface area contributed by atoms with E-state index in [4.69, 9.17) is 28.5 Å². The van der Waals surface area contributed by atoms with E-state index in [-0.39, 0.29) is 44.8 Å². The number of hydrogen-bond acceptors (Lipinski definition) is 16. The number of Topliss-reactive ketones (excluding diaryl/α,β-unsaturated/α-hetero) is 1. The summed E-state index contributed by atoms with van der Waals surface area (Å²) in [6.07, 6.45) is -3.26. The number of nitrogens with one attached hydrogen (secondary N) is 2. The van der Waals surface area contributed by atoms with Crippen LogP contribution in [0.5, 0.6) is 0 Å². The van der Waals surface area contributed by atoms with Crippen LogP contribution < -0.4 is 5.48 Å². The summed E-state index contributed by atoms with van der Waals surface area (Å²) >= 11 is 1.49. The zero-order chi connectivity index (χ0) is 46.0. The molecule has 6 rings (SSSR count). The van der Waals surface area contributed by atoms with E-state index in [9.17, 15) is 24.6 Å². The van der Waals surface area contributed by atoms with Gasteiger partial charge in [-0.3, -0.25) is 19.2 Å². The van der Waals surface area contributed by atoms with Crippen molar-refractivity contribution in [1.29, 1.82) is 0 Å². The van der Waals surface area contributed by atoms with Gasteiger partial charge in [0.1, 0.15) is 23.7 Å². The number of aliphatic imine (C=N–C) groups is 1. The molecule has 14 atom stereocenters. The van der Waals surface area contributed by atoms with Gasteiger partial charge in [-0.15, -0.1) is 11.3 Å². The number of thiazole rings is 1. The Hall–Kier alpha value is -3.56. The Morgan fingerprint density at radius 2 is 1.87 bits per heavy atom. The molecule has 3 aliphatic heterocycles. The number of benzene rings is 1. The summed E-state index contributed by atoms with van der Waals surface area (Å²) < 4.78 is 32.8. The summed E-state index contributed by atoms with van der Waals surface area (Å²) in [5.74, 6) is -4.56. The van der Waals surface area contributed by atoms with Crippen LogP contribution in [0.1, 0.15) is 87.1 Å². The van der Waals surface area contributed by atoms with Gasteiger partial charge in [0.2, 0.25) is 5.91 Å². The van der Waals surface area contributed by atoms with Crippen LogP contribution in [0.3, 0.4) is 0 Å². The third kappa shape index (κ3) is 10.9. The molecule has 1 amide bonds. The standard InChI is InChI=1S/C45H66N6O11S/c1-12-34-45(9,56)39-25(4)35(47-28(7)52)23(2)19-44(8,38(26(5)36(53)27(6)42(55)61-34)62-43-37(54)33(51(10)11)17-24(3)60-43)58-22-30(21-57-39)50-59-20-29-13-14-31-32(18-29)49-40(48-31)41-46-15-16-63-41/h13-16,18,23-27,30,33-34,37-39,43,50,54,56H,12,17,19-22H2,1-11H3,(H,48,49)/t23-,24-,25+,26+,27-,30?,33+,34-,37-,38-,39-,43-,44-,45-/m1/s1. The quantitative estimate of drug-likeness (QED) is 0.131. The van der Waals surface area contributed by atoms with Crippen LogP contribution in [0.15, 0.2) is 34.8 Å². The SMILES string of the molecule is CC[C@H]1OC(=O)[C@H](C)C(=O)[C@H](C)[C@@H](O[C@H]2O[C@H](C)C[C@H](N(C)C)[C@H]2O)[C@@]2(C)C[C@@H](C)C(=NC(C)=O)[C@H](C)[C@@H](OCC(NOCc3ccc4nc(-c5nccs5)[nH]c4c3)CO2)[C@]1(C)O. The second-order valence-electron chi connectivity index (χ2n) is 18.3. The molecule has 3 aliphatic rings. The maximum Gasteiger partial charge on any atom is 0.316 e. The molecule has 2 aromatic heterocycles. The van der Waals surface area contributed by atoms with Crippen molar-refractivity contribution in [3.8, 4) is 10.8 Å². The van der Waals surface area contributed by atoms with Crippen LogP contribution in [0.25, 0.3) is 21.9 Å². The first-order valence-corrected chi connectivity index (χ1v) is 22.8. The number of ketones is 1. The number of aliphatic hydroxyl groups is 2. The van der Waals surface area contributed by atoms with E-state index in [1.54, 1.807) is 27.0 Å². The highest BCUT2D eigenvalue weighted by Crippen LogP contribution is 2.40. The van der Waals surface area contributed by atoms with Gasteiger partial charge in [-0.05, 0) is 84.7 Å². The summed E-state index contributed by atoms with van der Waals surface area (Å²) in [7, 11) is 3.75. The molecule has 3 fully saturated rings. The topological polar surface area (TPSA) is 216 Å². The first-order chi connectivity index (χ1) is 29.7. The molecule has 18 heteroatoms. The van der Waals surface area contributed by atoms with Crippen LogP contribution in [-0.2, 0) is 49.5 Å². The number of aliphatic hydroxyl groups excluding tert-OH is 1. The highest BCUT2D eigenvalue weighted by atomic mass is 32.1. The number of carbonyl (C=O) groups excluding carboxylic acids is 3. The minimum Gasteiger partial charge on any atom is -0.459 e. The summed E-state index contributed by atoms with van der Waals surface area (Å²) in [6, 6.07) is 4.77. The largest absolute Gasteiger partial charge is 0.459 e. The van der Waals surface area contributed by atoms with Crippen LogP contribution in [0.4, 0.5) is 0 Å². The second kappa shape index (κ2) is 20.3. The lowest BCUT2D eigenvalue weighted by atomic mass is 9.73. The number of amides is 1. The van der Waals surface area contributed by atoms with Crippen molar-refractivity contribution < 1.29 is 53.1 Å². The third-order valence-electron chi connectivity index (χ3n) is 12.9. The van der Waals surface area contributed by atoms with Gasteiger partial charge in [0, 0.05) is 42.1 Å². The predicted octanol–water partition coefficient (Wildman–Crippen LogP) is 4.64. The molecule has 2 bridgehead atoms. The number of imidazole rings is 1. The van der Waals surface area contributed by atoms with Gasteiger partial charge in [-0.1, -0.05) is 33.8 Å². The predicted molar refractivity (Wildman–Crippen MR) is 236 cm³/mol. The Morgan fingerprint density at radius 1 is 1.13 bits per heavy atom. The van der Waals surface area contributed by atoms with E-state index in [1.807, 2.05) is 70.3 Å². The fraction of sp³-hybridized carbons (Fsp3) is 0.689. The number of likely N-dealkylation sites (N-methyl/N-ethyl adjacent to an activating group) is 1. The molecule has 3 saturated heterocycles. The number of carbonyl (C=O) groups is 3. The Bertz CT molecular complexity index is 2080. The number of cyclic esters (lactones) is 1. The molecule has 5 heterocycles. The highest BCUT2D eigenvalue weighted by molar-refractivity contribution is 7.13. The lowest BCUT2D eigenvalue weighted by molar-refractivity contribution is -0.298. The van der Waals surface area contributed by atoms with E-state index < -0.39 is 89.3 Å². The zero-order valence-corrected chi connectivity index (χ0v) is 39.1. The van der Waals surface area contributed by atoms with E-state index in [1.165, 1.54) is 25.2 Å². The van der Waals surface area contributed by atoms with Crippen molar-refractivity contribution in [2.24, 2.45) is 28.7 Å². The maximum atomic E-state index is 14.6. The molecule has 348 valence electrons. The van der Waals surface area contributed by atoms with E-state index in [2.05, 4.69) is 25.4 Å². The smallest absolute Gasteiger partial charge is 0.316 e. The number of hydrogen-bond donors (Lipinski definition) is 4. The Kier molecular flexibility index (Phi) is 15.8. The number of hydroxylamine groups is 1. The molecule has 0 saturated carbocycles. The van der Waals surface area contributed by atoms with E-state index >= 15 is 0 Å². The van der Waals surface area contributed by atoms with Crippen molar-refractivity contribution >= 4 is 45.7 Å².